The third kappa shape index (κ3) is 5.81. The van der Waals surface area contributed by atoms with Crippen LogP contribution < -0.4 is 9.04 Å². The highest BCUT2D eigenvalue weighted by Crippen LogP contribution is 2.40. The number of rotatable bonds is 9. The number of ether oxygens (including phenoxy) is 1. The van der Waals surface area contributed by atoms with E-state index in [2.05, 4.69) is 10.2 Å². The Hall–Kier alpha value is -2.70. The van der Waals surface area contributed by atoms with Crippen LogP contribution in [0, 0.1) is 0 Å². The van der Waals surface area contributed by atoms with E-state index in [1.165, 1.54) is 18.2 Å². The van der Waals surface area contributed by atoms with E-state index in [-0.39, 0.29) is 39.7 Å². The van der Waals surface area contributed by atoms with Crippen LogP contribution in [0.5, 0.6) is 5.88 Å². The van der Waals surface area contributed by atoms with Crippen LogP contribution in [0.1, 0.15) is 0 Å². The normalized spacial score (nSPS) is 12.1. The van der Waals surface area contributed by atoms with Gasteiger partial charge in [-0.25, -0.2) is 8.42 Å². The molecule has 190 valence electrons. The summed E-state index contributed by atoms with van der Waals surface area (Å²) in [7, 11) is -9.26. The van der Waals surface area contributed by atoms with Crippen molar-refractivity contribution in [2.24, 2.45) is 0 Å². The highest BCUT2D eigenvalue weighted by atomic mass is 35.5. The van der Waals surface area contributed by atoms with E-state index in [0.29, 0.717) is 21.0 Å². The van der Waals surface area contributed by atoms with Crippen LogP contribution in [0.15, 0.2) is 65.7 Å². The van der Waals surface area contributed by atoms with E-state index in [9.17, 15) is 22.8 Å². The number of aromatic nitrogens is 3. The zero-order chi connectivity index (χ0) is 26.1. The molecule has 4 rings (SSSR count). The van der Waals surface area contributed by atoms with Gasteiger partial charge in [0, 0.05) is 27.7 Å². The fourth-order valence-corrected chi connectivity index (χ4v) is 6.83. The lowest BCUT2D eigenvalue weighted by Crippen LogP contribution is -2.32. The maximum absolute atomic E-state index is 13.4. The van der Waals surface area contributed by atoms with Crippen LogP contribution in [0.25, 0.3) is 16.7 Å². The fraction of sp³-hybridized carbons (Fsp3) is 0.143. The molecule has 0 aliphatic rings. The van der Waals surface area contributed by atoms with Crippen LogP contribution in [-0.2, 0) is 14.6 Å². The van der Waals surface area contributed by atoms with Crippen molar-refractivity contribution in [1.29, 1.82) is 0 Å². The van der Waals surface area contributed by atoms with Gasteiger partial charge in [0.25, 0.3) is 10.0 Å². The minimum atomic E-state index is -4.81. The molecule has 0 saturated heterocycles. The van der Waals surface area contributed by atoms with Crippen LogP contribution >= 0.6 is 30.8 Å². The highest BCUT2D eigenvalue weighted by molar-refractivity contribution is 7.93. The second-order valence-corrected chi connectivity index (χ2v) is 11.8. The maximum atomic E-state index is 13.4. The molecule has 2 aromatic heterocycles. The first-order chi connectivity index (χ1) is 17.0. The second kappa shape index (κ2) is 10.3. The molecule has 0 atom stereocenters. The van der Waals surface area contributed by atoms with Crippen molar-refractivity contribution in [2.75, 3.05) is 23.8 Å². The third-order valence-electron chi connectivity index (χ3n) is 4.91. The number of hydrogen-bond donors (Lipinski definition) is 3. The Kier molecular flexibility index (Phi) is 7.58. The largest absolute Gasteiger partial charge is 0.474 e. The summed E-state index contributed by atoms with van der Waals surface area (Å²) in [6.45, 7) is -0.0776. The lowest BCUT2D eigenvalue weighted by molar-refractivity contribution is 0.195. The Morgan fingerprint density at radius 2 is 1.72 bits per heavy atom. The summed E-state index contributed by atoms with van der Waals surface area (Å²) < 4.78 is 46.2. The number of aliphatic hydroxyl groups is 1. The monoisotopic (exact) mass is 572 g/mol. The number of benzene rings is 2. The summed E-state index contributed by atoms with van der Waals surface area (Å²) in [6.07, 6.45) is 0.595. The number of fused-ring (bicyclic) bond motifs is 1. The van der Waals surface area contributed by atoms with Crippen LogP contribution in [0.3, 0.4) is 0 Å². The van der Waals surface area contributed by atoms with Gasteiger partial charge in [0.1, 0.15) is 12.9 Å². The summed E-state index contributed by atoms with van der Waals surface area (Å²) >= 11 is 11.9. The topological polar surface area (TPSA) is 155 Å². The van der Waals surface area contributed by atoms with Gasteiger partial charge in [-0.1, -0.05) is 23.2 Å². The summed E-state index contributed by atoms with van der Waals surface area (Å²) in [4.78, 5) is 18.9. The summed E-state index contributed by atoms with van der Waals surface area (Å²) in [5, 5.41) is 17.6. The molecule has 0 bridgehead atoms. The van der Waals surface area contributed by atoms with Gasteiger partial charge in [-0.05, 0) is 48.5 Å². The lowest BCUT2D eigenvalue weighted by Gasteiger charge is -2.25. The van der Waals surface area contributed by atoms with E-state index in [1.54, 1.807) is 35.0 Å². The number of sulfonamides is 1. The zero-order valence-corrected chi connectivity index (χ0v) is 21.5. The van der Waals surface area contributed by atoms with Crippen LogP contribution in [0.2, 0.25) is 10.0 Å². The first kappa shape index (κ1) is 26.4. The van der Waals surface area contributed by atoms with Crippen molar-refractivity contribution in [3.63, 3.8) is 0 Å². The van der Waals surface area contributed by atoms with Gasteiger partial charge in [-0.3, -0.25) is 13.4 Å². The van der Waals surface area contributed by atoms with Crippen molar-refractivity contribution in [1.82, 2.24) is 14.8 Å². The molecule has 0 fully saturated rings. The number of anilines is 1. The Labute approximate surface area is 215 Å². The molecule has 0 spiro atoms. The average Bonchev–Trinajstić information content (AvgIpc) is 3.23. The molecule has 4 aromatic rings. The Morgan fingerprint density at radius 1 is 1.00 bits per heavy atom. The molecule has 15 heteroatoms. The molecule has 0 radical (unpaired) electrons. The number of aliphatic hydroxyl groups excluding tert-OH is 1. The highest BCUT2D eigenvalue weighted by Gasteiger charge is 2.32. The van der Waals surface area contributed by atoms with Gasteiger partial charge < -0.3 is 19.6 Å². The Morgan fingerprint density at radius 3 is 2.33 bits per heavy atom. The van der Waals surface area contributed by atoms with Gasteiger partial charge in [-0.15, -0.1) is 10.2 Å². The molecule has 2 heterocycles. The minimum Gasteiger partial charge on any atom is -0.474 e. The SMILES string of the molecule is O=P(O)(O)CN(c1ccc2c(ccn2-c2ccc(OCCO)nn2)c1)S(=O)(=O)c1cc(Cl)cc(Cl)c1. The fourth-order valence-electron chi connectivity index (χ4n) is 3.42. The van der Waals surface area contributed by atoms with Crippen LogP contribution in [-0.4, -0.2) is 57.6 Å². The predicted octanol–water partition coefficient (Wildman–Crippen LogP) is 3.43. The lowest BCUT2D eigenvalue weighted by atomic mass is 10.2. The molecule has 0 aliphatic heterocycles. The second-order valence-electron chi connectivity index (χ2n) is 7.50. The van der Waals surface area contributed by atoms with Crippen molar-refractivity contribution in [3.05, 3.63) is 70.8 Å². The van der Waals surface area contributed by atoms with E-state index in [0.717, 1.165) is 12.1 Å². The summed E-state index contributed by atoms with van der Waals surface area (Å²) in [5.74, 6) is 0.688. The van der Waals surface area contributed by atoms with E-state index >= 15 is 0 Å². The van der Waals surface area contributed by atoms with Crippen molar-refractivity contribution in [3.8, 4) is 11.7 Å². The Bertz CT molecular complexity index is 1540. The standard InChI is InChI=1S/C21H19Cl2N4O7PS/c22-15-10-16(23)12-18(11-15)36(32,33)27(13-35(29,30)31)17-1-2-19-14(9-17)5-6-26(19)20-3-4-21(25-24-20)34-8-7-28/h1-6,9-12,28H,7-8,13H2,(H2,29,30,31). The summed E-state index contributed by atoms with van der Waals surface area (Å²) in [5.41, 5.74) is 0.662. The molecule has 3 N–H and O–H groups in total. The Balaban J connectivity index is 1.75. The molecule has 11 nitrogen and oxygen atoms in total. The van der Waals surface area contributed by atoms with Gasteiger partial charge >= 0.3 is 7.60 Å². The molecular weight excluding hydrogens is 554 g/mol. The number of nitrogens with zero attached hydrogens (tertiary/aromatic N) is 4. The molecular formula is C21H19Cl2N4O7PS. The van der Waals surface area contributed by atoms with Gasteiger partial charge in [-0.2, -0.15) is 0 Å². The maximum Gasteiger partial charge on any atom is 0.345 e. The predicted molar refractivity (Wildman–Crippen MR) is 134 cm³/mol. The van der Waals surface area contributed by atoms with E-state index in [4.69, 9.17) is 33.0 Å². The molecule has 0 saturated carbocycles. The minimum absolute atomic E-state index is 0.0264. The molecule has 36 heavy (non-hydrogen) atoms. The first-order valence-electron chi connectivity index (χ1n) is 10.2. The van der Waals surface area contributed by atoms with E-state index in [1.807, 2.05) is 0 Å². The molecule has 0 unspecified atom stereocenters. The molecule has 2 aromatic carbocycles. The third-order valence-corrected chi connectivity index (χ3v) is 7.94. The van der Waals surface area contributed by atoms with Crippen molar-refractivity contribution < 1.29 is 32.6 Å². The zero-order valence-electron chi connectivity index (χ0n) is 18.3. The smallest absolute Gasteiger partial charge is 0.345 e. The van der Waals surface area contributed by atoms with Crippen LogP contribution in [0.4, 0.5) is 5.69 Å². The average molecular weight is 573 g/mol. The van der Waals surface area contributed by atoms with E-state index < -0.39 is 23.9 Å². The number of hydrogen-bond acceptors (Lipinski definition) is 7. The number of halogens is 2. The van der Waals surface area contributed by atoms with Crippen molar-refractivity contribution >= 4 is 57.4 Å². The van der Waals surface area contributed by atoms with Gasteiger partial charge in [0.15, 0.2) is 5.82 Å². The quantitative estimate of drug-likeness (QED) is 0.256. The molecule has 0 amide bonds. The molecule has 0 aliphatic carbocycles. The summed E-state index contributed by atoms with van der Waals surface area (Å²) in [6, 6.07) is 13.1. The van der Waals surface area contributed by atoms with Gasteiger partial charge in [0.2, 0.25) is 5.88 Å². The van der Waals surface area contributed by atoms with Gasteiger partial charge in [0.05, 0.1) is 22.7 Å². The first-order valence-corrected chi connectivity index (χ1v) is 14.2. The van der Waals surface area contributed by atoms with Crippen molar-refractivity contribution in [2.45, 2.75) is 4.90 Å².